The van der Waals surface area contributed by atoms with Crippen molar-refractivity contribution in [3.8, 4) is 0 Å². The van der Waals surface area contributed by atoms with E-state index in [1.807, 2.05) is 7.05 Å². The van der Waals surface area contributed by atoms with Crippen molar-refractivity contribution in [2.75, 3.05) is 7.05 Å². The van der Waals surface area contributed by atoms with E-state index in [4.69, 9.17) is 0 Å². The number of thiophene rings is 1. The van der Waals surface area contributed by atoms with Crippen molar-refractivity contribution in [3.05, 3.63) is 68.5 Å². The molecule has 21 heavy (non-hydrogen) atoms. The molecule has 1 nitrogen and oxygen atoms in total. The van der Waals surface area contributed by atoms with Gasteiger partial charge in [0.25, 0.3) is 0 Å². The van der Waals surface area contributed by atoms with Gasteiger partial charge in [-0.2, -0.15) is 0 Å². The molecule has 3 aromatic rings. The van der Waals surface area contributed by atoms with E-state index in [1.165, 1.54) is 36.8 Å². The van der Waals surface area contributed by atoms with Gasteiger partial charge in [0.1, 0.15) is 0 Å². The van der Waals surface area contributed by atoms with Gasteiger partial charge in [0.05, 0.1) is 6.04 Å². The Morgan fingerprint density at radius 2 is 1.81 bits per heavy atom. The van der Waals surface area contributed by atoms with Crippen LogP contribution < -0.4 is 5.32 Å². The number of benzene rings is 2. The highest BCUT2D eigenvalue weighted by atomic mass is 79.9. The number of rotatable bonds is 3. The van der Waals surface area contributed by atoms with Crippen LogP contribution >= 0.6 is 27.3 Å². The zero-order valence-electron chi connectivity index (χ0n) is 12.4. The van der Waals surface area contributed by atoms with Gasteiger partial charge in [0.15, 0.2) is 0 Å². The third-order valence-corrected chi connectivity index (χ3v) is 5.73. The van der Waals surface area contributed by atoms with Gasteiger partial charge in [-0.3, -0.25) is 0 Å². The summed E-state index contributed by atoms with van der Waals surface area (Å²) in [7, 11) is 2.03. The standard InChI is InChI=1S/C18H18BrNS/c1-11-7-12(2)9-13(8-11)17(20-3)15-10-21-18-14(15)5-4-6-16(18)19/h4-10,17,20H,1-3H3. The highest BCUT2D eigenvalue weighted by Crippen LogP contribution is 2.37. The molecular weight excluding hydrogens is 342 g/mol. The van der Waals surface area contributed by atoms with Crippen LogP contribution in [0.5, 0.6) is 0 Å². The number of hydrogen-bond acceptors (Lipinski definition) is 2. The molecule has 0 bridgehead atoms. The zero-order chi connectivity index (χ0) is 15.0. The van der Waals surface area contributed by atoms with Gasteiger partial charge >= 0.3 is 0 Å². The van der Waals surface area contributed by atoms with Gasteiger partial charge in [-0.1, -0.05) is 41.5 Å². The van der Waals surface area contributed by atoms with E-state index in [2.05, 4.69) is 76.9 Å². The summed E-state index contributed by atoms with van der Waals surface area (Å²) in [6, 6.07) is 13.4. The summed E-state index contributed by atoms with van der Waals surface area (Å²) in [5.41, 5.74) is 5.30. The smallest absolute Gasteiger partial charge is 0.0588 e. The maximum atomic E-state index is 3.65. The minimum Gasteiger partial charge on any atom is -0.309 e. The Bertz CT molecular complexity index is 771. The number of fused-ring (bicyclic) bond motifs is 1. The lowest BCUT2D eigenvalue weighted by molar-refractivity contribution is 0.697. The second-order valence-corrected chi connectivity index (χ2v) is 7.18. The maximum absolute atomic E-state index is 3.65. The molecule has 0 radical (unpaired) electrons. The van der Waals surface area contributed by atoms with Gasteiger partial charge in [-0.25, -0.2) is 0 Å². The van der Waals surface area contributed by atoms with Crippen LogP contribution in [0, 0.1) is 13.8 Å². The molecule has 1 unspecified atom stereocenters. The third-order valence-electron chi connectivity index (χ3n) is 3.76. The van der Waals surface area contributed by atoms with Crippen molar-refractivity contribution in [2.24, 2.45) is 0 Å². The molecule has 0 aliphatic carbocycles. The van der Waals surface area contributed by atoms with Crippen molar-refractivity contribution in [1.29, 1.82) is 0 Å². The summed E-state index contributed by atoms with van der Waals surface area (Å²) >= 11 is 5.45. The topological polar surface area (TPSA) is 12.0 Å². The number of aryl methyl sites for hydroxylation is 2. The Balaban J connectivity index is 2.16. The SMILES string of the molecule is CNC(c1cc(C)cc(C)c1)c1csc2c(Br)cccc12. The summed E-state index contributed by atoms with van der Waals surface area (Å²) in [6.45, 7) is 4.32. The lowest BCUT2D eigenvalue weighted by Gasteiger charge is -2.18. The molecule has 1 heterocycles. The highest BCUT2D eigenvalue weighted by Gasteiger charge is 2.17. The van der Waals surface area contributed by atoms with Gasteiger partial charge in [-0.15, -0.1) is 11.3 Å². The Hall–Kier alpha value is -1.16. The molecule has 3 heteroatoms. The molecule has 108 valence electrons. The van der Waals surface area contributed by atoms with Crippen LogP contribution in [0.2, 0.25) is 0 Å². The molecule has 0 saturated heterocycles. The number of halogens is 1. The van der Waals surface area contributed by atoms with Crippen molar-refractivity contribution in [2.45, 2.75) is 19.9 Å². The van der Waals surface area contributed by atoms with Gasteiger partial charge in [0, 0.05) is 9.17 Å². The van der Waals surface area contributed by atoms with Crippen LogP contribution in [0.3, 0.4) is 0 Å². The third kappa shape index (κ3) is 2.78. The fraction of sp³-hybridized carbons (Fsp3) is 0.222. The Labute approximate surface area is 138 Å². The largest absolute Gasteiger partial charge is 0.309 e. The molecule has 0 spiro atoms. The second kappa shape index (κ2) is 5.91. The second-order valence-electron chi connectivity index (χ2n) is 5.45. The molecule has 0 saturated carbocycles. The summed E-state index contributed by atoms with van der Waals surface area (Å²) in [4.78, 5) is 0. The molecular formula is C18H18BrNS. The lowest BCUT2D eigenvalue weighted by Crippen LogP contribution is -2.17. The Morgan fingerprint density at radius 3 is 2.48 bits per heavy atom. The summed E-state index contributed by atoms with van der Waals surface area (Å²) in [6.07, 6.45) is 0. The van der Waals surface area contributed by atoms with Crippen molar-refractivity contribution >= 4 is 37.4 Å². The summed E-state index contributed by atoms with van der Waals surface area (Å²) in [5, 5.41) is 7.08. The Kier molecular flexibility index (Phi) is 4.16. The predicted octanol–water partition coefficient (Wildman–Crippen LogP) is 5.59. The molecule has 1 atom stereocenters. The van der Waals surface area contributed by atoms with E-state index in [9.17, 15) is 0 Å². The number of hydrogen-bond donors (Lipinski definition) is 1. The highest BCUT2D eigenvalue weighted by molar-refractivity contribution is 9.10. The van der Waals surface area contributed by atoms with Crippen LogP contribution in [0.15, 0.2) is 46.3 Å². The molecule has 3 rings (SSSR count). The van der Waals surface area contributed by atoms with Gasteiger partial charge < -0.3 is 5.32 Å². The first-order chi connectivity index (χ1) is 10.1. The molecule has 1 aromatic heterocycles. The fourth-order valence-corrected chi connectivity index (χ4v) is 4.59. The lowest BCUT2D eigenvalue weighted by atomic mass is 9.95. The first-order valence-corrected chi connectivity index (χ1v) is 8.68. The van der Waals surface area contributed by atoms with E-state index in [0.29, 0.717) is 0 Å². The normalized spacial score (nSPS) is 12.8. The average molecular weight is 360 g/mol. The van der Waals surface area contributed by atoms with Crippen LogP contribution in [0.25, 0.3) is 10.1 Å². The van der Waals surface area contributed by atoms with E-state index in [1.54, 1.807) is 11.3 Å². The predicted molar refractivity (Wildman–Crippen MR) is 96.3 cm³/mol. The van der Waals surface area contributed by atoms with E-state index in [0.717, 1.165) is 0 Å². The zero-order valence-corrected chi connectivity index (χ0v) is 14.8. The van der Waals surface area contributed by atoms with E-state index in [-0.39, 0.29) is 6.04 Å². The van der Waals surface area contributed by atoms with Crippen molar-refractivity contribution < 1.29 is 0 Å². The average Bonchev–Trinajstić information content (AvgIpc) is 2.84. The minimum absolute atomic E-state index is 0.228. The van der Waals surface area contributed by atoms with Gasteiger partial charge in [-0.05, 0) is 64.8 Å². The summed E-state index contributed by atoms with van der Waals surface area (Å²) < 4.78 is 2.49. The minimum atomic E-state index is 0.228. The van der Waals surface area contributed by atoms with Crippen molar-refractivity contribution in [3.63, 3.8) is 0 Å². The van der Waals surface area contributed by atoms with Crippen LogP contribution in [-0.4, -0.2) is 7.05 Å². The molecule has 0 aliphatic heterocycles. The first kappa shape index (κ1) is 14.8. The fourth-order valence-electron chi connectivity index (χ4n) is 2.94. The number of nitrogens with one attached hydrogen (secondary N) is 1. The van der Waals surface area contributed by atoms with E-state index >= 15 is 0 Å². The molecule has 1 N–H and O–H groups in total. The quantitative estimate of drug-likeness (QED) is 0.642. The first-order valence-electron chi connectivity index (χ1n) is 7.01. The maximum Gasteiger partial charge on any atom is 0.0588 e. The molecule has 0 fully saturated rings. The molecule has 2 aromatic carbocycles. The Morgan fingerprint density at radius 1 is 1.10 bits per heavy atom. The summed E-state index contributed by atoms with van der Waals surface area (Å²) in [5.74, 6) is 0. The van der Waals surface area contributed by atoms with Crippen LogP contribution in [0.4, 0.5) is 0 Å². The molecule has 0 amide bonds. The van der Waals surface area contributed by atoms with Crippen molar-refractivity contribution in [1.82, 2.24) is 5.32 Å². The molecule has 0 aliphatic rings. The van der Waals surface area contributed by atoms with Gasteiger partial charge in [0.2, 0.25) is 0 Å². The van der Waals surface area contributed by atoms with Crippen LogP contribution in [-0.2, 0) is 0 Å². The van der Waals surface area contributed by atoms with E-state index < -0.39 is 0 Å². The monoisotopic (exact) mass is 359 g/mol. The van der Waals surface area contributed by atoms with Crippen LogP contribution in [0.1, 0.15) is 28.3 Å².